The quantitative estimate of drug-likeness (QED) is 0.651. The van der Waals surface area contributed by atoms with Crippen molar-refractivity contribution in [3.63, 3.8) is 0 Å². The van der Waals surface area contributed by atoms with Crippen LogP contribution in [0, 0.1) is 5.41 Å². The molecule has 0 N–H and O–H groups in total. The first kappa shape index (κ1) is 13.4. The van der Waals surface area contributed by atoms with Gasteiger partial charge >= 0.3 is 5.97 Å². The molecule has 0 aliphatic carbocycles. The topological polar surface area (TPSA) is 60.4 Å². The molecule has 0 amide bonds. The van der Waals surface area contributed by atoms with E-state index in [2.05, 4.69) is 4.74 Å². The molecule has 0 aromatic rings. The number of esters is 1. The van der Waals surface area contributed by atoms with E-state index in [0.717, 1.165) is 0 Å². The minimum Gasteiger partial charge on any atom is -0.469 e. The van der Waals surface area contributed by atoms with Gasteiger partial charge in [0.05, 0.1) is 18.3 Å². The van der Waals surface area contributed by atoms with Gasteiger partial charge in [0.15, 0.2) is 9.84 Å². The van der Waals surface area contributed by atoms with Crippen LogP contribution >= 0.6 is 0 Å². The maximum Gasteiger partial charge on any atom is 0.312 e. The fourth-order valence-electron chi connectivity index (χ4n) is 1.27. The molecule has 0 unspecified atom stereocenters. The zero-order chi connectivity index (χ0) is 11.4. The van der Waals surface area contributed by atoms with Crippen molar-refractivity contribution in [3.05, 3.63) is 0 Å². The van der Waals surface area contributed by atoms with E-state index in [1.54, 1.807) is 20.8 Å². The molecular weight excluding hydrogens is 204 g/mol. The average molecular weight is 222 g/mol. The van der Waals surface area contributed by atoms with Crippen molar-refractivity contribution in [3.8, 4) is 0 Å². The van der Waals surface area contributed by atoms with Crippen molar-refractivity contribution in [2.24, 2.45) is 5.41 Å². The van der Waals surface area contributed by atoms with Crippen LogP contribution in [-0.2, 0) is 19.4 Å². The summed E-state index contributed by atoms with van der Waals surface area (Å²) in [5, 5.41) is 0. The van der Waals surface area contributed by atoms with Crippen molar-refractivity contribution in [1.82, 2.24) is 0 Å². The molecule has 0 aromatic carbocycles. The Bertz CT molecular complexity index is 290. The summed E-state index contributed by atoms with van der Waals surface area (Å²) >= 11 is 0. The third-order valence-corrected chi connectivity index (χ3v) is 4.03. The SMILES string of the molecule is CCCS(=O)(=O)CC(C)(C)C(=O)OC. The molecular formula is C9H18O4S. The Kier molecular flexibility index (Phi) is 4.58. The molecule has 0 saturated carbocycles. The van der Waals surface area contributed by atoms with Gasteiger partial charge in [-0.2, -0.15) is 0 Å². The Balaban J connectivity index is 4.58. The molecule has 0 aliphatic heterocycles. The third kappa shape index (κ3) is 4.09. The van der Waals surface area contributed by atoms with Crippen molar-refractivity contribution in [1.29, 1.82) is 0 Å². The first-order chi connectivity index (χ1) is 6.25. The smallest absolute Gasteiger partial charge is 0.312 e. The highest BCUT2D eigenvalue weighted by Crippen LogP contribution is 2.20. The van der Waals surface area contributed by atoms with Crippen LogP contribution in [0.4, 0.5) is 0 Å². The second kappa shape index (κ2) is 4.77. The molecule has 0 spiro atoms. The number of hydrogen-bond acceptors (Lipinski definition) is 4. The maximum atomic E-state index is 11.5. The molecule has 84 valence electrons. The lowest BCUT2D eigenvalue weighted by Crippen LogP contribution is -2.34. The van der Waals surface area contributed by atoms with Gasteiger partial charge in [0, 0.05) is 5.75 Å². The number of carbonyl (C=O) groups is 1. The molecule has 4 nitrogen and oxygen atoms in total. The van der Waals surface area contributed by atoms with E-state index < -0.39 is 21.2 Å². The van der Waals surface area contributed by atoms with Crippen LogP contribution < -0.4 is 0 Å². The summed E-state index contributed by atoms with van der Waals surface area (Å²) in [4.78, 5) is 11.2. The van der Waals surface area contributed by atoms with E-state index in [-0.39, 0.29) is 11.5 Å². The molecule has 0 bridgehead atoms. The predicted octanol–water partition coefficient (Wildman–Crippen LogP) is 1.01. The van der Waals surface area contributed by atoms with Crippen LogP contribution in [0.3, 0.4) is 0 Å². The number of sulfone groups is 1. The number of methoxy groups -OCH3 is 1. The predicted molar refractivity (Wildman–Crippen MR) is 54.7 cm³/mol. The fraction of sp³-hybridized carbons (Fsp3) is 0.889. The number of hydrogen-bond donors (Lipinski definition) is 0. The molecule has 5 heteroatoms. The lowest BCUT2D eigenvalue weighted by Gasteiger charge is -2.20. The van der Waals surface area contributed by atoms with Crippen molar-refractivity contribution >= 4 is 15.8 Å². The summed E-state index contributed by atoms with van der Waals surface area (Å²) in [6.45, 7) is 4.95. The summed E-state index contributed by atoms with van der Waals surface area (Å²) in [5.41, 5.74) is -0.956. The highest BCUT2D eigenvalue weighted by atomic mass is 32.2. The van der Waals surface area contributed by atoms with Crippen LogP contribution in [-0.4, -0.2) is 33.0 Å². The number of carbonyl (C=O) groups excluding carboxylic acids is 1. The van der Waals surface area contributed by atoms with Crippen LogP contribution in [0.5, 0.6) is 0 Å². The summed E-state index contributed by atoms with van der Waals surface area (Å²) < 4.78 is 27.5. The molecule has 0 aromatic heterocycles. The van der Waals surface area contributed by atoms with E-state index in [9.17, 15) is 13.2 Å². The van der Waals surface area contributed by atoms with Crippen LogP contribution in [0.25, 0.3) is 0 Å². The van der Waals surface area contributed by atoms with Gasteiger partial charge in [-0.1, -0.05) is 6.92 Å². The van der Waals surface area contributed by atoms with Crippen LogP contribution in [0.15, 0.2) is 0 Å². The molecule has 0 radical (unpaired) electrons. The molecule has 0 fully saturated rings. The van der Waals surface area contributed by atoms with Gasteiger partial charge in [0.2, 0.25) is 0 Å². The van der Waals surface area contributed by atoms with Gasteiger partial charge in [-0.05, 0) is 20.3 Å². The van der Waals surface area contributed by atoms with Crippen LogP contribution in [0.1, 0.15) is 27.2 Å². The Hall–Kier alpha value is -0.580. The Morgan fingerprint density at radius 2 is 1.86 bits per heavy atom. The van der Waals surface area contributed by atoms with Crippen molar-refractivity contribution in [2.45, 2.75) is 27.2 Å². The van der Waals surface area contributed by atoms with Gasteiger partial charge in [-0.25, -0.2) is 8.42 Å². The van der Waals surface area contributed by atoms with Crippen molar-refractivity contribution < 1.29 is 17.9 Å². The van der Waals surface area contributed by atoms with Gasteiger partial charge < -0.3 is 4.74 Å². The van der Waals surface area contributed by atoms with E-state index in [1.807, 2.05) is 0 Å². The zero-order valence-electron chi connectivity index (χ0n) is 9.16. The van der Waals surface area contributed by atoms with E-state index >= 15 is 0 Å². The van der Waals surface area contributed by atoms with E-state index in [1.165, 1.54) is 7.11 Å². The lowest BCUT2D eigenvalue weighted by molar-refractivity contribution is -0.149. The van der Waals surface area contributed by atoms with Crippen LogP contribution in [0.2, 0.25) is 0 Å². The Labute approximate surface area is 85.6 Å². The zero-order valence-corrected chi connectivity index (χ0v) is 9.98. The molecule has 14 heavy (non-hydrogen) atoms. The van der Waals surface area contributed by atoms with Gasteiger partial charge in [0.1, 0.15) is 0 Å². The minimum atomic E-state index is -3.15. The number of ether oxygens (including phenoxy) is 1. The lowest BCUT2D eigenvalue weighted by atomic mass is 9.97. The molecule has 0 rings (SSSR count). The normalized spacial score (nSPS) is 12.6. The Morgan fingerprint density at radius 1 is 1.36 bits per heavy atom. The molecule has 0 aliphatic rings. The molecule has 0 saturated heterocycles. The fourth-order valence-corrected chi connectivity index (χ4v) is 3.25. The average Bonchev–Trinajstić information content (AvgIpc) is 2.00. The van der Waals surface area contributed by atoms with E-state index in [4.69, 9.17) is 0 Å². The van der Waals surface area contributed by atoms with Gasteiger partial charge in [0.25, 0.3) is 0 Å². The second-order valence-electron chi connectivity index (χ2n) is 3.97. The summed E-state index contributed by atoms with van der Waals surface area (Å²) in [7, 11) is -1.88. The summed E-state index contributed by atoms with van der Waals surface area (Å²) in [5.74, 6) is -0.523. The molecule has 0 atom stereocenters. The minimum absolute atomic E-state index is 0.118. The maximum absolute atomic E-state index is 11.5. The monoisotopic (exact) mass is 222 g/mol. The third-order valence-electron chi connectivity index (χ3n) is 1.83. The standard InChI is InChI=1S/C9H18O4S/c1-5-6-14(11,12)7-9(2,3)8(10)13-4/h5-7H2,1-4H3. The van der Waals surface area contributed by atoms with Gasteiger partial charge in [-0.3, -0.25) is 4.79 Å². The highest BCUT2D eigenvalue weighted by Gasteiger charge is 2.33. The first-order valence-electron chi connectivity index (χ1n) is 4.54. The highest BCUT2D eigenvalue weighted by molar-refractivity contribution is 7.91. The van der Waals surface area contributed by atoms with E-state index in [0.29, 0.717) is 6.42 Å². The van der Waals surface area contributed by atoms with Gasteiger partial charge in [-0.15, -0.1) is 0 Å². The first-order valence-corrected chi connectivity index (χ1v) is 6.36. The largest absolute Gasteiger partial charge is 0.469 e. The summed E-state index contributed by atoms with van der Waals surface area (Å²) in [6.07, 6.45) is 0.569. The van der Waals surface area contributed by atoms with Crippen molar-refractivity contribution in [2.75, 3.05) is 18.6 Å². The Morgan fingerprint density at radius 3 is 2.21 bits per heavy atom. The number of rotatable bonds is 5. The second-order valence-corrected chi connectivity index (χ2v) is 6.15. The summed E-state index contributed by atoms with van der Waals surface area (Å²) in [6, 6.07) is 0. The molecule has 0 heterocycles.